The van der Waals surface area contributed by atoms with E-state index in [1.807, 2.05) is 31.2 Å². The second kappa shape index (κ2) is 8.77. The molecule has 2 heterocycles. The lowest BCUT2D eigenvalue weighted by molar-refractivity contribution is 0.122. The Bertz CT molecular complexity index is 733. The first-order valence-electron chi connectivity index (χ1n) is 8.88. The van der Waals surface area contributed by atoms with Crippen LogP contribution in [0.4, 0.5) is 10.5 Å². The first-order chi connectivity index (χ1) is 12.7. The van der Waals surface area contributed by atoms with Gasteiger partial charge in [0.1, 0.15) is 0 Å². The number of carbonyl (C=O) groups is 1. The summed E-state index contributed by atoms with van der Waals surface area (Å²) in [7, 11) is 2.06. The lowest BCUT2D eigenvalue weighted by atomic mass is 10.1. The van der Waals surface area contributed by atoms with E-state index >= 15 is 0 Å². The summed E-state index contributed by atoms with van der Waals surface area (Å²) in [5, 5.41) is 9.70. The maximum atomic E-state index is 12.3. The number of nitrogens with one attached hydrogen (secondary N) is 2. The Morgan fingerprint density at radius 2 is 2.23 bits per heavy atom. The monoisotopic (exact) mass is 359 g/mol. The number of carbonyl (C=O) groups excluding carboxylic acids is 1. The standard InChI is InChI=1S/C18H25N5O3/c1-3-16-21-17(26-22-16)14-6-4-5-7-15(14)20-18(24)19-10-13-11-23(2)8-9-25-12-13/h4-7,13H,3,8-12H2,1-2H3,(H2,19,20,24)/t13-/m1/s1. The zero-order valence-corrected chi connectivity index (χ0v) is 15.2. The van der Waals surface area contributed by atoms with Crippen LogP contribution in [-0.2, 0) is 11.2 Å². The molecule has 0 radical (unpaired) electrons. The highest BCUT2D eigenvalue weighted by molar-refractivity contribution is 5.93. The van der Waals surface area contributed by atoms with Crippen LogP contribution in [0.1, 0.15) is 12.7 Å². The molecule has 2 aromatic rings. The first-order valence-corrected chi connectivity index (χ1v) is 8.88. The summed E-state index contributed by atoms with van der Waals surface area (Å²) in [4.78, 5) is 18.9. The van der Waals surface area contributed by atoms with Crippen molar-refractivity contribution >= 4 is 11.7 Å². The number of aromatic nitrogens is 2. The molecular weight excluding hydrogens is 334 g/mol. The number of amides is 2. The van der Waals surface area contributed by atoms with Gasteiger partial charge in [-0.25, -0.2) is 4.79 Å². The number of anilines is 1. The van der Waals surface area contributed by atoms with E-state index in [0.717, 1.165) is 19.7 Å². The molecule has 0 saturated carbocycles. The minimum absolute atomic E-state index is 0.264. The number of urea groups is 1. The molecule has 140 valence electrons. The fraction of sp³-hybridized carbons (Fsp3) is 0.500. The zero-order chi connectivity index (χ0) is 18.4. The summed E-state index contributed by atoms with van der Waals surface area (Å²) >= 11 is 0. The predicted molar refractivity (Wildman–Crippen MR) is 97.9 cm³/mol. The van der Waals surface area contributed by atoms with Gasteiger partial charge in [0, 0.05) is 32.0 Å². The summed E-state index contributed by atoms with van der Waals surface area (Å²) < 4.78 is 10.9. The second-order valence-electron chi connectivity index (χ2n) is 6.45. The molecule has 3 rings (SSSR count). The van der Waals surface area contributed by atoms with Crippen molar-refractivity contribution in [3.05, 3.63) is 30.1 Å². The van der Waals surface area contributed by atoms with E-state index in [1.165, 1.54) is 0 Å². The van der Waals surface area contributed by atoms with E-state index in [4.69, 9.17) is 9.26 Å². The Kier molecular flexibility index (Phi) is 6.19. The molecule has 1 aliphatic rings. The summed E-state index contributed by atoms with van der Waals surface area (Å²) in [6, 6.07) is 7.11. The summed E-state index contributed by atoms with van der Waals surface area (Å²) in [6.45, 7) is 5.72. The topological polar surface area (TPSA) is 92.5 Å². The molecule has 1 aliphatic heterocycles. The van der Waals surface area contributed by atoms with Crippen molar-refractivity contribution in [3.63, 3.8) is 0 Å². The fourth-order valence-corrected chi connectivity index (χ4v) is 2.87. The van der Waals surface area contributed by atoms with Gasteiger partial charge in [-0.05, 0) is 19.2 Å². The van der Waals surface area contributed by atoms with Crippen LogP contribution in [-0.4, -0.2) is 61.0 Å². The third-order valence-corrected chi connectivity index (χ3v) is 4.28. The van der Waals surface area contributed by atoms with Crippen LogP contribution < -0.4 is 10.6 Å². The van der Waals surface area contributed by atoms with E-state index in [9.17, 15) is 4.79 Å². The Balaban J connectivity index is 1.60. The number of ether oxygens (including phenoxy) is 1. The SMILES string of the molecule is CCc1noc(-c2ccccc2NC(=O)NC[C@H]2COCCN(C)C2)n1. The van der Waals surface area contributed by atoms with Crippen molar-refractivity contribution in [1.82, 2.24) is 20.4 Å². The van der Waals surface area contributed by atoms with Crippen LogP contribution in [0.2, 0.25) is 0 Å². The van der Waals surface area contributed by atoms with E-state index in [1.54, 1.807) is 0 Å². The molecule has 8 heteroatoms. The number of benzene rings is 1. The molecule has 0 aliphatic carbocycles. The number of hydrogen-bond acceptors (Lipinski definition) is 6. The van der Waals surface area contributed by atoms with E-state index in [2.05, 4.69) is 32.7 Å². The molecule has 26 heavy (non-hydrogen) atoms. The van der Waals surface area contributed by atoms with Crippen LogP contribution in [0.25, 0.3) is 11.5 Å². The zero-order valence-electron chi connectivity index (χ0n) is 15.2. The highest BCUT2D eigenvalue weighted by atomic mass is 16.5. The average molecular weight is 359 g/mol. The molecule has 1 atom stereocenters. The van der Waals surface area contributed by atoms with Gasteiger partial charge in [0.05, 0.1) is 24.5 Å². The lowest BCUT2D eigenvalue weighted by Crippen LogP contribution is -2.37. The third kappa shape index (κ3) is 4.80. The lowest BCUT2D eigenvalue weighted by Gasteiger charge is -2.19. The van der Waals surface area contributed by atoms with Crippen molar-refractivity contribution in [2.45, 2.75) is 13.3 Å². The van der Waals surface area contributed by atoms with E-state index in [-0.39, 0.29) is 11.9 Å². The number of aryl methyl sites for hydroxylation is 1. The van der Waals surface area contributed by atoms with Crippen LogP contribution in [0, 0.1) is 5.92 Å². The predicted octanol–water partition coefficient (Wildman–Crippen LogP) is 2.00. The van der Waals surface area contributed by atoms with Crippen LogP contribution in [0.3, 0.4) is 0 Å². The molecule has 2 amide bonds. The van der Waals surface area contributed by atoms with Crippen LogP contribution >= 0.6 is 0 Å². The van der Waals surface area contributed by atoms with Gasteiger partial charge in [0.2, 0.25) is 0 Å². The Morgan fingerprint density at radius 3 is 3.04 bits per heavy atom. The maximum absolute atomic E-state index is 12.3. The summed E-state index contributed by atoms with van der Waals surface area (Å²) in [5.74, 6) is 1.31. The number of rotatable bonds is 5. The Morgan fingerprint density at radius 1 is 1.38 bits per heavy atom. The fourth-order valence-electron chi connectivity index (χ4n) is 2.87. The molecule has 1 fully saturated rings. The normalized spacial score (nSPS) is 18.3. The van der Waals surface area contributed by atoms with Gasteiger partial charge in [0.25, 0.3) is 5.89 Å². The molecule has 2 N–H and O–H groups in total. The van der Waals surface area contributed by atoms with Crippen molar-refractivity contribution < 1.29 is 14.1 Å². The highest BCUT2D eigenvalue weighted by Crippen LogP contribution is 2.26. The number of hydrogen-bond donors (Lipinski definition) is 2. The first kappa shape index (κ1) is 18.3. The van der Waals surface area contributed by atoms with Crippen LogP contribution in [0.5, 0.6) is 0 Å². The van der Waals surface area contributed by atoms with Gasteiger partial charge >= 0.3 is 6.03 Å². The molecule has 8 nitrogen and oxygen atoms in total. The number of nitrogens with zero attached hydrogens (tertiary/aromatic N) is 3. The Hall–Kier alpha value is -2.45. The van der Waals surface area contributed by atoms with Gasteiger partial charge in [0.15, 0.2) is 5.82 Å². The quantitative estimate of drug-likeness (QED) is 0.848. The Labute approximate surface area is 152 Å². The summed E-state index contributed by atoms with van der Waals surface area (Å²) in [6.07, 6.45) is 0.692. The highest BCUT2D eigenvalue weighted by Gasteiger charge is 2.18. The van der Waals surface area contributed by atoms with Crippen molar-refractivity contribution in [1.29, 1.82) is 0 Å². The van der Waals surface area contributed by atoms with E-state index in [0.29, 0.717) is 42.5 Å². The molecule has 1 aromatic heterocycles. The number of para-hydroxylation sites is 1. The molecule has 1 aromatic carbocycles. The van der Waals surface area contributed by atoms with Gasteiger partial charge in [-0.1, -0.05) is 24.2 Å². The average Bonchev–Trinajstić information content (AvgIpc) is 3.02. The maximum Gasteiger partial charge on any atom is 0.319 e. The van der Waals surface area contributed by atoms with Gasteiger partial charge in [-0.2, -0.15) is 4.98 Å². The summed E-state index contributed by atoms with van der Waals surface area (Å²) in [5.41, 5.74) is 1.33. The van der Waals surface area contributed by atoms with Gasteiger partial charge in [-0.15, -0.1) is 0 Å². The van der Waals surface area contributed by atoms with E-state index < -0.39 is 0 Å². The minimum Gasteiger partial charge on any atom is -0.380 e. The molecule has 0 spiro atoms. The third-order valence-electron chi connectivity index (χ3n) is 4.28. The van der Waals surface area contributed by atoms with Gasteiger partial charge in [-0.3, -0.25) is 0 Å². The van der Waals surface area contributed by atoms with Gasteiger partial charge < -0.3 is 24.8 Å². The smallest absolute Gasteiger partial charge is 0.319 e. The molecule has 0 bridgehead atoms. The van der Waals surface area contributed by atoms with Crippen molar-refractivity contribution in [3.8, 4) is 11.5 Å². The molecule has 0 unspecified atom stereocenters. The molecular formula is C18H25N5O3. The molecule has 1 saturated heterocycles. The largest absolute Gasteiger partial charge is 0.380 e. The second-order valence-corrected chi connectivity index (χ2v) is 6.45. The minimum atomic E-state index is -0.264. The van der Waals surface area contributed by atoms with Crippen molar-refractivity contribution in [2.75, 3.05) is 45.2 Å². The number of likely N-dealkylation sites (N-methyl/N-ethyl adjacent to an activating group) is 1. The van der Waals surface area contributed by atoms with Crippen LogP contribution in [0.15, 0.2) is 28.8 Å². The van der Waals surface area contributed by atoms with Crippen molar-refractivity contribution in [2.24, 2.45) is 5.92 Å².